The van der Waals surface area contributed by atoms with E-state index in [9.17, 15) is 9.59 Å². The highest BCUT2D eigenvalue weighted by atomic mass is 16.2. The molecule has 0 saturated heterocycles. The molecule has 2 amide bonds. The minimum absolute atomic E-state index is 0.134. The first kappa shape index (κ1) is 14.6. The quantitative estimate of drug-likeness (QED) is 0.859. The van der Waals surface area contributed by atoms with E-state index in [1.54, 1.807) is 0 Å². The third-order valence-corrected chi connectivity index (χ3v) is 3.95. The lowest BCUT2D eigenvalue weighted by Gasteiger charge is -2.28. The number of nitrogens with one attached hydrogen (secondary N) is 1. The van der Waals surface area contributed by atoms with Crippen LogP contribution in [0.15, 0.2) is 30.3 Å². The SMILES string of the molecule is NC(=O)[C@@H](NC(=O)Cc1ccccc1)C1CCCCC1. The Labute approximate surface area is 119 Å². The Hall–Kier alpha value is -1.84. The van der Waals surface area contributed by atoms with Crippen LogP contribution in [0.1, 0.15) is 37.7 Å². The van der Waals surface area contributed by atoms with Crippen molar-refractivity contribution in [2.24, 2.45) is 11.7 Å². The Bertz CT molecular complexity index is 453. The average Bonchev–Trinajstić information content (AvgIpc) is 2.46. The monoisotopic (exact) mass is 274 g/mol. The fourth-order valence-electron chi connectivity index (χ4n) is 2.89. The van der Waals surface area contributed by atoms with E-state index in [4.69, 9.17) is 5.73 Å². The van der Waals surface area contributed by atoms with Crippen molar-refractivity contribution in [1.29, 1.82) is 0 Å². The number of carbonyl (C=O) groups is 2. The molecule has 1 saturated carbocycles. The molecule has 0 radical (unpaired) electrons. The number of rotatable bonds is 5. The molecule has 0 aromatic heterocycles. The van der Waals surface area contributed by atoms with Crippen LogP contribution >= 0.6 is 0 Å². The smallest absolute Gasteiger partial charge is 0.240 e. The van der Waals surface area contributed by atoms with Crippen LogP contribution in [-0.2, 0) is 16.0 Å². The molecule has 2 rings (SSSR count). The summed E-state index contributed by atoms with van der Waals surface area (Å²) in [7, 11) is 0. The molecule has 3 N–H and O–H groups in total. The predicted molar refractivity (Wildman–Crippen MR) is 77.8 cm³/mol. The zero-order chi connectivity index (χ0) is 14.4. The van der Waals surface area contributed by atoms with Crippen LogP contribution in [0.5, 0.6) is 0 Å². The standard InChI is InChI=1S/C16H22N2O2/c17-16(20)15(13-9-5-2-6-10-13)18-14(19)11-12-7-3-1-4-8-12/h1,3-4,7-8,13,15H,2,5-6,9-11H2,(H2,17,20)(H,18,19)/t15-/m0/s1. The minimum Gasteiger partial charge on any atom is -0.368 e. The van der Waals surface area contributed by atoms with Gasteiger partial charge in [-0.25, -0.2) is 0 Å². The van der Waals surface area contributed by atoms with Gasteiger partial charge in [0.15, 0.2) is 0 Å². The van der Waals surface area contributed by atoms with Crippen molar-refractivity contribution in [1.82, 2.24) is 5.32 Å². The second kappa shape index (κ2) is 7.08. The summed E-state index contributed by atoms with van der Waals surface area (Å²) >= 11 is 0. The zero-order valence-electron chi connectivity index (χ0n) is 11.7. The van der Waals surface area contributed by atoms with Gasteiger partial charge in [0.25, 0.3) is 0 Å². The van der Waals surface area contributed by atoms with Crippen molar-refractivity contribution < 1.29 is 9.59 Å². The molecule has 108 valence electrons. The molecule has 0 heterocycles. The molecule has 1 atom stereocenters. The fourth-order valence-corrected chi connectivity index (χ4v) is 2.89. The summed E-state index contributed by atoms with van der Waals surface area (Å²) in [6.07, 6.45) is 5.67. The van der Waals surface area contributed by atoms with Gasteiger partial charge in [-0.15, -0.1) is 0 Å². The lowest BCUT2D eigenvalue weighted by molar-refractivity contribution is -0.128. The van der Waals surface area contributed by atoms with Crippen molar-refractivity contribution in [3.8, 4) is 0 Å². The van der Waals surface area contributed by atoms with Gasteiger partial charge in [-0.2, -0.15) is 0 Å². The van der Waals surface area contributed by atoms with Gasteiger partial charge in [0.2, 0.25) is 11.8 Å². The molecule has 1 aromatic carbocycles. The number of nitrogens with two attached hydrogens (primary N) is 1. The Morgan fingerprint density at radius 1 is 1.15 bits per heavy atom. The summed E-state index contributed by atoms with van der Waals surface area (Å²) in [4.78, 5) is 23.6. The van der Waals surface area contributed by atoms with Gasteiger partial charge in [0.05, 0.1) is 6.42 Å². The highest BCUT2D eigenvalue weighted by Crippen LogP contribution is 2.26. The first-order valence-electron chi connectivity index (χ1n) is 7.29. The summed E-state index contributed by atoms with van der Waals surface area (Å²) in [6.45, 7) is 0. The highest BCUT2D eigenvalue weighted by molar-refractivity contribution is 5.87. The third kappa shape index (κ3) is 4.08. The van der Waals surface area contributed by atoms with Crippen LogP contribution < -0.4 is 11.1 Å². The molecule has 1 aliphatic rings. The lowest BCUT2D eigenvalue weighted by Crippen LogP contribution is -2.50. The molecule has 20 heavy (non-hydrogen) atoms. The van der Waals surface area contributed by atoms with Gasteiger partial charge in [-0.1, -0.05) is 49.6 Å². The third-order valence-electron chi connectivity index (χ3n) is 3.95. The van der Waals surface area contributed by atoms with Gasteiger partial charge in [-0.05, 0) is 24.3 Å². The normalized spacial score (nSPS) is 17.4. The first-order valence-corrected chi connectivity index (χ1v) is 7.29. The molecule has 0 spiro atoms. The second-order valence-corrected chi connectivity index (χ2v) is 5.51. The van der Waals surface area contributed by atoms with Crippen LogP contribution in [0.25, 0.3) is 0 Å². The summed E-state index contributed by atoms with van der Waals surface area (Å²) in [5.74, 6) is -0.357. The number of primary amides is 1. The van der Waals surface area contributed by atoms with E-state index in [0.29, 0.717) is 0 Å². The van der Waals surface area contributed by atoms with Crippen LogP contribution in [0.3, 0.4) is 0 Å². The molecule has 1 aliphatic carbocycles. The molecule has 0 unspecified atom stereocenters. The lowest BCUT2D eigenvalue weighted by atomic mass is 9.83. The van der Waals surface area contributed by atoms with Gasteiger partial charge < -0.3 is 11.1 Å². The number of hydrogen-bond acceptors (Lipinski definition) is 2. The Balaban J connectivity index is 1.93. The number of amides is 2. The van der Waals surface area contributed by atoms with E-state index in [2.05, 4.69) is 5.32 Å². The topological polar surface area (TPSA) is 72.2 Å². The molecular formula is C16H22N2O2. The molecular weight excluding hydrogens is 252 g/mol. The van der Waals surface area contributed by atoms with E-state index in [-0.39, 0.29) is 18.2 Å². The van der Waals surface area contributed by atoms with Crippen molar-refractivity contribution in [2.45, 2.75) is 44.6 Å². The zero-order valence-corrected chi connectivity index (χ0v) is 11.7. The fraction of sp³-hybridized carbons (Fsp3) is 0.500. The first-order chi connectivity index (χ1) is 9.66. The van der Waals surface area contributed by atoms with Crippen molar-refractivity contribution in [2.75, 3.05) is 0 Å². The van der Waals surface area contributed by atoms with E-state index < -0.39 is 11.9 Å². The van der Waals surface area contributed by atoms with E-state index in [1.165, 1.54) is 6.42 Å². The van der Waals surface area contributed by atoms with Crippen molar-refractivity contribution >= 4 is 11.8 Å². The summed E-state index contributed by atoms with van der Waals surface area (Å²) < 4.78 is 0. The highest BCUT2D eigenvalue weighted by Gasteiger charge is 2.29. The molecule has 0 aliphatic heterocycles. The van der Waals surface area contributed by atoms with Gasteiger partial charge in [-0.3, -0.25) is 9.59 Å². The van der Waals surface area contributed by atoms with E-state index >= 15 is 0 Å². The Kier molecular flexibility index (Phi) is 5.16. The van der Waals surface area contributed by atoms with E-state index in [0.717, 1.165) is 31.2 Å². The number of hydrogen-bond donors (Lipinski definition) is 2. The summed E-state index contributed by atoms with van der Waals surface area (Å²) in [5, 5.41) is 2.82. The molecule has 4 heteroatoms. The number of carbonyl (C=O) groups excluding carboxylic acids is 2. The number of benzene rings is 1. The molecule has 4 nitrogen and oxygen atoms in total. The van der Waals surface area contributed by atoms with Crippen LogP contribution in [-0.4, -0.2) is 17.9 Å². The maximum Gasteiger partial charge on any atom is 0.240 e. The Morgan fingerprint density at radius 3 is 2.40 bits per heavy atom. The average molecular weight is 274 g/mol. The van der Waals surface area contributed by atoms with Crippen molar-refractivity contribution in [3.05, 3.63) is 35.9 Å². The molecule has 0 bridgehead atoms. The summed E-state index contributed by atoms with van der Waals surface area (Å²) in [5.41, 5.74) is 6.40. The van der Waals surface area contributed by atoms with Gasteiger partial charge >= 0.3 is 0 Å². The predicted octanol–water partition coefficient (Wildman–Crippen LogP) is 1.78. The maximum atomic E-state index is 12.1. The Morgan fingerprint density at radius 2 is 1.80 bits per heavy atom. The van der Waals surface area contributed by atoms with E-state index in [1.807, 2.05) is 30.3 Å². The summed E-state index contributed by atoms with van der Waals surface area (Å²) in [6, 6.07) is 8.99. The minimum atomic E-state index is -0.522. The second-order valence-electron chi connectivity index (χ2n) is 5.51. The maximum absolute atomic E-state index is 12.1. The molecule has 1 aromatic rings. The van der Waals surface area contributed by atoms with Crippen LogP contribution in [0.4, 0.5) is 0 Å². The van der Waals surface area contributed by atoms with Gasteiger partial charge in [0.1, 0.15) is 6.04 Å². The van der Waals surface area contributed by atoms with Crippen molar-refractivity contribution in [3.63, 3.8) is 0 Å². The largest absolute Gasteiger partial charge is 0.368 e. The van der Waals surface area contributed by atoms with Gasteiger partial charge in [0, 0.05) is 0 Å². The van der Waals surface area contributed by atoms with Crippen LogP contribution in [0.2, 0.25) is 0 Å². The van der Waals surface area contributed by atoms with Crippen LogP contribution in [0, 0.1) is 5.92 Å². The molecule has 1 fully saturated rings.